The van der Waals surface area contributed by atoms with E-state index in [1.54, 1.807) is 62.3 Å². The number of hydrogen-bond donors (Lipinski definition) is 5. The Kier molecular flexibility index (Phi) is 27.7. The van der Waals surface area contributed by atoms with Crippen molar-refractivity contribution >= 4 is 80.4 Å². The maximum atomic E-state index is 12.1. The number of amides is 3. The molecule has 0 radical (unpaired) electrons. The summed E-state index contributed by atoms with van der Waals surface area (Å²) in [6, 6.07) is 0.862. The van der Waals surface area contributed by atoms with Crippen molar-refractivity contribution in [2.24, 2.45) is 5.14 Å². The molecule has 3 amide bonds. The molecule has 0 atom stereocenters. The number of carbonyl (C=O) groups is 5. The normalized spacial score (nSPS) is 18.8. The van der Waals surface area contributed by atoms with Gasteiger partial charge in [0.25, 0.3) is 10.2 Å². The van der Waals surface area contributed by atoms with Gasteiger partial charge in [-0.15, -0.1) is 0 Å². The molecule has 70 heavy (non-hydrogen) atoms. The minimum Gasteiger partial charge on any atom is -0.443 e. The summed E-state index contributed by atoms with van der Waals surface area (Å²) < 4.78 is 114. The minimum absolute atomic E-state index is 0.0266. The van der Waals surface area contributed by atoms with Crippen LogP contribution in [0.15, 0.2) is 0 Å². The van der Waals surface area contributed by atoms with E-state index in [0.29, 0.717) is 44.0 Å². The molecule has 412 valence electrons. The van der Waals surface area contributed by atoms with E-state index in [1.807, 2.05) is 37.6 Å². The highest BCUT2D eigenvalue weighted by Gasteiger charge is 2.33. The van der Waals surface area contributed by atoms with Crippen LogP contribution in [0.1, 0.15) is 114 Å². The summed E-state index contributed by atoms with van der Waals surface area (Å²) in [6.45, 7) is 18.6. The summed E-state index contributed by atoms with van der Waals surface area (Å²) >= 11 is 0. The van der Waals surface area contributed by atoms with Crippen molar-refractivity contribution in [3.8, 4) is 0 Å². The third-order valence-electron chi connectivity index (χ3n) is 9.62. The molecule has 6 N–H and O–H groups in total. The van der Waals surface area contributed by atoms with Gasteiger partial charge in [-0.2, -0.15) is 46.6 Å². The number of Topliss-reactive ketones (excluding diaryl/α,β-unsaturated/α-hetero) is 2. The van der Waals surface area contributed by atoms with E-state index >= 15 is 0 Å². The van der Waals surface area contributed by atoms with Crippen LogP contribution >= 0.6 is 10.7 Å². The maximum Gasteiger partial charge on any atom is 0.422 e. The lowest BCUT2D eigenvalue weighted by Gasteiger charge is -2.34. The van der Waals surface area contributed by atoms with Crippen LogP contribution in [0.5, 0.6) is 0 Å². The summed E-state index contributed by atoms with van der Waals surface area (Å²) in [5.41, 5.74) is -2.24. The number of nitrogens with two attached hydrogens (primary N) is 1. The molecule has 4 aliphatic rings. The summed E-state index contributed by atoms with van der Waals surface area (Å²) in [6.07, 6.45) is 2.02. The quantitative estimate of drug-likeness (QED) is 0.169. The SMILES string of the molecule is CC(C)(C)OC(=O)NS(=O)(=O)Cl.CC(C)(C)OC(=O)NS(=O)(=O)N1CCC(=O)CC1.CN(C)C1CCN(S(=O)(=O)NC(=O)OC(C)(C)C)CC1.CN(C)C1CCN(S(N)(=O)=O)CC1.O=C1CCNCC1. The Morgan fingerprint density at radius 2 is 0.829 bits per heavy atom. The van der Waals surface area contributed by atoms with Crippen LogP contribution in [-0.4, -0.2) is 196 Å². The van der Waals surface area contributed by atoms with Crippen LogP contribution < -0.4 is 24.6 Å². The number of nitrogens with one attached hydrogen (secondary N) is 4. The standard InChI is InChI=1S/C12H25N3O4S.C10H18N2O5S.C7H17N3O2S.C5H10ClNO4S.C5H9NO/c1-12(2,3)19-11(16)13-20(17,18)15-8-6-10(7-9-15)14(4)5;1-10(2,3)17-9(14)11-18(15,16)12-6-4-8(13)5-7-12;1-9(2)7-3-5-10(6-4-7)13(8,11)12;1-5(2,3)11-4(8)7-12(6,9)10;7-5-1-3-6-4-2-5/h10H,6-9H2,1-5H3,(H,13,16);4-7H2,1-3H3,(H,11,14);7H,3-6H2,1-2H3,(H2,8,11,12);1-3H3,(H,7,8);6H,1-4H2. The first-order chi connectivity index (χ1) is 31.5. The van der Waals surface area contributed by atoms with Crippen molar-refractivity contribution in [3.63, 3.8) is 0 Å². The fraction of sp³-hybridized carbons (Fsp3) is 0.872. The van der Waals surface area contributed by atoms with Crippen LogP contribution in [-0.2, 0) is 63.7 Å². The second-order valence-corrected chi connectivity index (χ2v) is 26.9. The van der Waals surface area contributed by atoms with Gasteiger partial charge < -0.3 is 29.3 Å². The molecule has 0 aromatic carbocycles. The third-order valence-corrected chi connectivity index (χ3v) is 14.3. The van der Waals surface area contributed by atoms with Gasteiger partial charge in [-0.1, -0.05) is 0 Å². The largest absolute Gasteiger partial charge is 0.443 e. The average Bonchev–Trinajstić information content (AvgIpc) is 3.16. The summed E-state index contributed by atoms with van der Waals surface area (Å²) in [7, 11) is -2.54. The van der Waals surface area contributed by atoms with Crippen LogP contribution in [0.25, 0.3) is 0 Å². The molecule has 0 aromatic heterocycles. The van der Waals surface area contributed by atoms with Gasteiger partial charge in [0.05, 0.1) is 0 Å². The Bertz CT molecular complexity index is 2130. The molecular weight excluding hydrogens is 1030 g/mol. The predicted molar refractivity (Wildman–Crippen MR) is 263 cm³/mol. The van der Waals surface area contributed by atoms with E-state index in [-0.39, 0.29) is 31.7 Å². The monoisotopic (exact) mass is 1110 g/mol. The molecule has 26 nitrogen and oxygen atoms in total. The fourth-order valence-electron chi connectivity index (χ4n) is 6.23. The van der Waals surface area contributed by atoms with Gasteiger partial charge in [0.2, 0.25) is 0 Å². The molecule has 0 saturated carbocycles. The smallest absolute Gasteiger partial charge is 0.422 e. The van der Waals surface area contributed by atoms with Gasteiger partial charge in [-0.3, -0.25) is 9.59 Å². The van der Waals surface area contributed by atoms with Crippen molar-refractivity contribution in [1.82, 2.24) is 42.2 Å². The molecule has 31 heteroatoms. The molecule has 4 heterocycles. The van der Waals surface area contributed by atoms with Gasteiger partial charge in [0.1, 0.15) is 28.4 Å². The van der Waals surface area contributed by atoms with Crippen LogP contribution in [0, 0.1) is 0 Å². The average molecular weight is 1110 g/mol. The number of carbonyl (C=O) groups excluding carboxylic acids is 5. The number of hydrogen-bond acceptors (Lipinski definition) is 19. The zero-order valence-electron chi connectivity index (χ0n) is 42.8. The second-order valence-electron chi connectivity index (χ2n) is 19.7. The third kappa shape index (κ3) is 32.1. The van der Waals surface area contributed by atoms with Gasteiger partial charge >= 0.3 is 47.9 Å². The highest BCUT2D eigenvalue weighted by atomic mass is 35.7. The van der Waals surface area contributed by atoms with Gasteiger partial charge in [-0.05, 0) is 116 Å². The topological polar surface area (TPSA) is 340 Å². The summed E-state index contributed by atoms with van der Waals surface area (Å²) in [5.74, 6) is 0.428. The van der Waals surface area contributed by atoms with Crippen molar-refractivity contribution in [3.05, 3.63) is 0 Å². The molecule has 0 aliphatic carbocycles. The summed E-state index contributed by atoms with van der Waals surface area (Å²) in [4.78, 5) is 59.2. The number of ether oxygens (including phenoxy) is 3. The molecular formula is C39H79ClN10O16S4. The lowest BCUT2D eigenvalue weighted by Crippen LogP contribution is -2.50. The van der Waals surface area contributed by atoms with Crippen LogP contribution in [0.3, 0.4) is 0 Å². The lowest BCUT2D eigenvalue weighted by molar-refractivity contribution is -0.121. The first-order valence-corrected chi connectivity index (χ1v) is 29.0. The first-order valence-electron chi connectivity index (χ1n) is 22.3. The zero-order valence-corrected chi connectivity index (χ0v) is 46.8. The maximum absolute atomic E-state index is 12.1. The van der Waals surface area contributed by atoms with Crippen molar-refractivity contribution in [1.29, 1.82) is 0 Å². The Hall–Kier alpha value is -3.04. The zero-order chi connectivity index (χ0) is 54.7. The lowest BCUT2D eigenvalue weighted by atomic mass is 10.1. The molecule has 0 aromatic rings. The highest BCUT2D eigenvalue weighted by molar-refractivity contribution is 8.12. The molecule has 0 bridgehead atoms. The van der Waals surface area contributed by atoms with Crippen LogP contribution in [0.4, 0.5) is 14.4 Å². The Balaban J connectivity index is 0.000000880. The molecule has 4 aliphatic heterocycles. The first kappa shape index (κ1) is 67.0. The predicted octanol–water partition coefficient (Wildman–Crippen LogP) is 1.35. The Morgan fingerprint density at radius 3 is 1.09 bits per heavy atom. The van der Waals surface area contributed by atoms with E-state index in [4.69, 9.17) is 25.3 Å². The molecule has 4 fully saturated rings. The molecule has 0 spiro atoms. The number of piperidine rings is 4. The number of rotatable bonds is 8. The minimum atomic E-state index is -4.05. The number of nitrogens with zero attached hydrogens (tertiary/aromatic N) is 5. The van der Waals surface area contributed by atoms with E-state index in [1.165, 1.54) is 13.3 Å². The van der Waals surface area contributed by atoms with Gasteiger partial charge in [0, 0.05) is 101 Å². The van der Waals surface area contributed by atoms with Crippen molar-refractivity contribution in [2.75, 3.05) is 80.5 Å². The van der Waals surface area contributed by atoms with Crippen molar-refractivity contribution < 1.29 is 71.9 Å². The number of halogens is 1. The van der Waals surface area contributed by atoms with Gasteiger partial charge in [0.15, 0.2) is 0 Å². The van der Waals surface area contributed by atoms with E-state index in [9.17, 15) is 57.6 Å². The van der Waals surface area contributed by atoms with E-state index in [2.05, 4.69) is 19.9 Å². The fourth-order valence-corrected chi connectivity index (χ4v) is 9.50. The second kappa shape index (κ2) is 29.0. The van der Waals surface area contributed by atoms with Gasteiger partial charge in [-0.25, -0.2) is 33.7 Å². The van der Waals surface area contributed by atoms with E-state index in [0.717, 1.165) is 55.9 Å². The summed E-state index contributed by atoms with van der Waals surface area (Å²) in [5, 5.41) is 8.11. The Labute approximate surface area is 420 Å². The van der Waals surface area contributed by atoms with E-state index < -0.39 is 74.9 Å². The molecule has 4 saturated heterocycles. The number of ketones is 2. The highest BCUT2D eigenvalue weighted by Crippen LogP contribution is 2.18. The van der Waals surface area contributed by atoms with Crippen LogP contribution in [0.2, 0.25) is 0 Å². The Morgan fingerprint density at radius 1 is 0.543 bits per heavy atom. The molecule has 4 rings (SSSR count). The molecule has 0 unspecified atom stereocenters. The van der Waals surface area contributed by atoms with Crippen molar-refractivity contribution in [2.45, 2.75) is 143 Å².